The predicted molar refractivity (Wildman–Crippen MR) is 82.0 cm³/mol. The van der Waals surface area contributed by atoms with Gasteiger partial charge in [0.05, 0.1) is 6.10 Å². The number of nitrogen functional groups attached to an aromatic ring is 1. The van der Waals surface area contributed by atoms with Gasteiger partial charge in [-0.25, -0.2) is 4.98 Å². The third-order valence-corrected chi connectivity index (χ3v) is 4.04. The largest absolute Gasteiger partial charge is 0.473 e. The number of rotatable bonds is 3. The van der Waals surface area contributed by atoms with Crippen LogP contribution in [0, 0.1) is 11.8 Å². The summed E-state index contributed by atoms with van der Waals surface area (Å²) in [5.41, 5.74) is 6.77. The molecule has 2 N–H and O–H groups in total. The zero-order chi connectivity index (χ0) is 14.9. The summed E-state index contributed by atoms with van der Waals surface area (Å²) in [5, 5.41) is 0. The van der Waals surface area contributed by atoms with E-state index < -0.39 is 0 Å². The van der Waals surface area contributed by atoms with E-state index in [2.05, 4.69) is 35.6 Å². The van der Waals surface area contributed by atoms with E-state index >= 15 is 0 Å². The van der Waals surface area contributed by atoms with E-state index in [-0.39, 0.29) is 6.10 Å². The molecule has 0 radical (unpaired) electrons. The Bertz CT molecular complexity index is 463. The van der Waals surface area contributed by atoms with Crippen molar-refractivity contribution >= 4 is 11.5 Å². The highest BCUT2D eigenvalue weighted by Gasteiger charge is 2.31. The van der Waals surface area contributed by atoms with Gasteiger partial charge < -0.3 is 15.4 Å². The smallest absolute Gasteiger partial charge is 0.242 e. The van der Waals surface area contributed by atoms with Crippen LogP contribution in [0.2, 0.25) is 0 Å². The number of nitrogens with two attached hydrogens (primary N) is 1. The Morgan fingerprint density at radius 3 is 2.65 bits per heavy atom. The lowest BCUT2D eigenvalue weighted by Gasteiger charge is -2.42. The molecule has 20 heavy (non-hydrogen) atoms. The molecule has 2 rings (SSSR count). The SMILES string of the molecule is CC1CC(C)C(C)N(c2ncnc(OC(C)C)c2N)C1. The second kappa shape index (κ2) is 5.85. The highest BCUT2D eigenvalue weighted by Crippen LogP contribution is 2.35. The number of hydrogen-bond donors (Lipinski definition) is 1. The molecule has 0 amide bonds. The zero-order valence-corrected chi connectivity index (χ0v) is 13.1. The standard InChI is InChI=1S/C15H26N4O/c1-9(2)20-15-13(16)14(17-8-18-15)19-7-10(3)6-11(4)12(19)5/h8-12H,6-7,16H2,1-5H3. The molecule has 0 aromatic carbocycles. The topological polar surface area (TPSA) is 64.3 Å². The van der Waals surface area contributed by atoms with Gasteiger partial charge in [-0.1, -0.05) is 13.8 Å². The van der Waals surface area contributed by atoms with Crippen molar-refractivity contribution in [2.24, 2.45) is 11.8 Å². The minimum Gasteiger partial charge on any atom is -0.473 e. The van der Waals surface area contributed by atoms with Crippen LogP contribution in [0.25, 0.3) is 0 Å². The van der Waals surface area contributed by atoms with Gasteiger partial charge in [0.25, 0.3) is 0 Å². The molecule has 1 aromatic rings. The van der Waals surface area contributed by atoms with Gasteiger partial charge in [-0.15, -0.1) is 0 Å². The molecule has 1 fully saturated rings. The van der Waals surface area contributed by atoms with Crippen molar-refractivity contribution in [3.63, 3.8) is 0 Å². The van der Waals surface area contributed by atoms with Crippen LogP contribution in [0.15, 0.2) is 6.33 Å². The van der Waals surface area contributed by atoms with E-state index in [9.17, 15) is 0 Å². The molecule has 5 nitrogen and oxygen atoms in total. The molecule has 0 saturated carbocycles. The fourth-order valence-corrected chi connectivity index (χ4v) is 2.91. The number of hydrogen-bond acceptors (Lipinski definition) is 5. The van der Waals surface area contributed by atoms with Crippen LogP contribution in [-0.4, -0.2) is 28.7 Å². The summed E-state index contributed by atoms with van der Waals surface area (Å²) in [4.78, 5) is 10.8. The maximum Gasteiger partial charge on any atom is 0.242 e. The van der Waals surface area contributed by atoms with E-state index in [1.165, 1.54) is 6.42 Å². The van der Waals surface area contributed by atoms with Crippen LogP contribution in [0.5, 0.6) is 5.88 Å². The first-order chi connectivity index (χ1) is 9.40. The molecule has 1 saturated heterocycles. The minimum absolute atomic E-state index is 0.0525. The van der Waals surface area contributed by atoms with Crippen LogP contribution in [-0.2, 0) is 0 Å². The van der Waals surface area contributed by atoms with Crippen LogP contribution in [0.4, 0.5) is 11.5 Å². The molecule has 0 spiro atoms. The van der Waals surface area contributed by atoms with Crippen molar-refractivity contribution in [1.29, 1.82) is 0 Å². The lowest BCUT2D eigenvalue weighted by Crippen LogP contribution is -2.46. The average molecular weight is 278 g/mol. The maximum atomic E-state index is 6.22. The molecule has 0 aliphatic carbocycles. The predicted octanol–water partition coefficient (Wildman–Crippen LogP) is 2.72. The normalized spacial score (nSPS) is 26.9. The Morgan fingerprint density at radius 2 is 2.00 bits per heavy atom. The number of piperidine rings is 1. The van der Waals surface area contributed by atoms with Crippen molar-refractivity contribution < 1.29 is 4.74 Å². The van der Waals surface area contributed by atoms with Crippen molar-refractivity contribution in [1.82, 2.24) is 9.97 Å². The maximum absolute atomic E-state index is 6.22. The Morgan fingerprint density at radius 1 is 1.30 bits per heavy atom. The third kappa shape index (κ3) is 2.97. The number of ether oxygens (including phenoxy) is 1. The van der Waals surface area contributed by atoms with Crippen molar-refractivity contribution in [3.8, 4) is 5.88 Å². The van der Waals surface area contributed by atoms with E-state index in [4.69, 9.17) is 10.5 Å². The lowest BCUT2D eigenvalue weighted by atomic mass is 9.86. The summed E-state index contributed by atoms with van der Waals surface area (Å²) in [7, 11) is 0. The summed E-state index contributed by atoms with van der Waals surface area (Å²) in [6, 6.07) is 0.426. The first kappa shape index (κ1) is 14.9. The van der Waals surface area contributed by atoms with Gasteiger partial charge in [0.15, 0.2) is 5.82 Å². The summed E-state index contributed by atoms with van der Waals surface area (Å²) in [6.07, 6.45) is 2.84. The molecule has 1 aliphatic rings. The molecular weight excluding hydrogens is 252 g/mol. The van der Waals surface area contributed by atoms with Crippen LogP contribution in [0.1, 0.15) is 41.0 Å². The molecule has 5 heteroatoms. The van der Waals surface area contributed by atoms with Gasteiger partial charge in [-0.05, 0) is 39.0 Å². The first-order valence-electron chi connectivity index (χ1n) is 7.43. The quantitative estimate of drug-likeness (QED) is 0.921. The molecule has 2 heterocycles. The van der Waals surface area contributed by atoms with E-state index in [0.29, 0.717) is 29.4 Å². The fraction of sp³-hybridized carbons (Fsp3) is 0.733. The molecule has 112 valence electrons. The zero-order valence-electron chi connectivity index (χ0n) is 13.1. The number of aromatic nitrogens is 2. The van der Waals surface area contributed by atoms with E-state index in [0.717, 1.165) is 12.4 Å². The number of anilines is 2. The van der Waals surface area contributed by atoms with Gasteiger partial charge in [0.2, 0.25) is 5.88 Å². The third-order valence-electron chi connectivity index (χ3n) is 4.04. The first-order valence-corrected chi connectivity index (χ1v) is 7.43. The van der Waals surface area contributed by atoms with E-state index in [1.54, 1.807) is 6.33 Å². The Labute approximate surface area is 121 Å². The molecule has 3 unspecified atom stereocenters. The highest BCUT2D eigenvalue weighted by atomic mass is 16.5. The van der Waals surface area contributed by atoms with Crippen molar-refractivity contribution in [2.75, 3.05) is 17.2 Å². The van der Waals surface area contributed by atoms with Crippen molar-refractivity contribution in [3.05, 3.63) is 6.33 Å². The van der Waals surface area contributed by atoms with Crippen LogP contribution < -0.4 is 15.4 Å². The van der Waals surface area contributed by atoms with Crippen LogP contribution >= 0.6 is 0 Å². The van der Waals surface area contributed by atoms with Gasteiger partial charge in [-0.3, -0.25) is 0 Å². The van der Waals surface area contributed by atoms with E-state index in [1.807, 2.05) is 13.8 Å². The summed E-state index contributed by atoms with van der Waals surface area (Å²) >= 11 is 0. The summed E-state index contributed by atoms with van der Waals surface area (Å²) in [5.74, 6) is 2.57. The second-order valence-electron chi connectivity index (χ2n) is 6.29. The van der Waals surface area contributed by atoms with Crippen LogP contribution in [0.3, 0.4) is 0 Å². The lowest BCUT2D eigenvalue weighted by molar-refractivity contribution is 0.233. The average Bonchev–Trinajstić information content (AvgIpc) is 2.36. The Kier molecular flexibility index (Phi) is 4.35. The van der Waals surface area contributed by atoms with Gasteiger partial charge >= 0.3 is 0 Å². The van der Waals surface area contributed by atoms with Gasteiger partial charge in [0, 0.05) is 12.6 Å². The fourth-order valence-electron chi connectivity index (χ4n) is 2.91. The molecule has 0 bridgehead atoms. The van der Waals surface area contributed by atoms with Gasteiger partial charge in [0.1, 0.15) is 12.0 Å². The monoisotopic (exact) mass is 278 g/mol. The Hall–Kier alpha value is -1.52. The van der Waals surface area contributed by atoms with Gasteiger partial charge in [-0.2, -0.15) is 4.98 Å². The summed E-state index contributed by atoms with van der Waals surface area (Å²) in [6.45, 7) is 11.7. The Balaban J connectivity index is 2.31. The highest BCUT2D eigenvalue weighted by molar-refractivity contribution is 5.68. The molecule has 1 aliphatic heterocycles. The molecular formula is C15H26N4O. The molecule has 3 atom stereocenters. The minimum atomic E-state index is 0.0525. The molecule has 1 aromatic heterocycles. The second-order valence-corrected chi connectivity index (χ2v) is 6.29. The van der Waals surface area contributed by atoms with Crippen molar-refractivity contribution in [2.45, 2.75) is 53.2 Å². The number of nitrogens with zero attached hydrogens (tertiary/aromatic N) is 3. The summed E-state index contributed by atoms with van der Waals surface area (Å²) < 4.78 is 5.66.